The summed E-state index contributed by atoms with van der Waals surface area (Å²) >= 11 is 11.4. The van der Waals surface area contributed by atoms with Gasteiger partial charge in [0.1, 0.15) is 10.3 Å². The fourth-order valence-corrected chi connectivity index (χ4v) is 1.86. The maximum absolute atomic E-state index is 11.6. The molecule has 1 aromatic carbocycles. The molecule has 102 valence electrons. The molecule has 2 N–H and O–H groups in total. The van der Waals surface area contributed by atoms with E-state index in [1.165, 1.54) is 18.3 Å². The smallest absolute Gasteiger partial charge is 0.306 e. The van der Waals surface area contributed by atoms with Crippen LogP contribution in [0.1, 0.15) is 5.56 Å². The van der Waals surface area contributed by atoms with Crippen molar-refractivity contribution in [2.24, 2.45) is 5.10 Å². The molecule has 0 bridgehead atoms. The lowest BCUT2D eigenvalue weighted by Gasteiger charge is -2.04. The van der Waals surface area contributed by atoms with Gasteiger partial charge in [0.25, 0.3) is 0 Å². The first-order valence-electron chi connectivity index (χ1n) is 5.62. The second-order valence-electron chi connectivity index (χ2n) is 3.74. The van der Waals surface area contributed by atoms with Crippen LogP contribution >= 0.6 is 23.2 Å². The first kappa shape index (κ1) is 14.3. The molecule has 0 atom stereocenters. The number of halogens is 2. The van der Waals surface area contributed by atoms with Crippen LogP contribution in [0.3, 0.4) is 0 Å². The van der Waals surface area contributed by atoms with Gasteiger partial charge in [0.2, 0.25) is 0 Å². The van der Waals surface area contributed by atoms with E-state index in [0.717, 1.165) is 5.56 Å². The maximum Gasteiger partial charge on any atom is 0.339 e. The molecule has 2 rings (SSSR count). The minimum atomic E-state index is -0.504. The van der Waals surface area contributed by atoms with Crippen LogP contribution < -0.4 is 10.7 Å². The van der Waals surface area contributed by atoms with E-state index in [4.69, 9.17) is 23.2 Å². The number of carbonyl (C=O) groups excluding carboxylic acids is 1. The summed E-state index contributed by atoms with van der Waals surface area (Å²) in [7, 11) is 0. The van der Waals surface area contributed by atoms with E-state index in [1.807, 2.05) is 30.3 Å². The average Bonchev–Trinajstić information content (AvgIpc) is 2.38. The van der Waals surface area contributed by atoms with Crippen LogP contribution in [-0.2, 0) is 0 Å². The molecule has 0 aliphatic carbocycles. The number of urea groups is 1. The highest BCUT2D eigenvalue weighted by Crippen LogP contribution is 2.18. The SMILES string of the molecule is O=C(N/N=C\c1ccccc1)Nc1cc(Cl)nc(Cl)c1. The molecule has 5 nitrogen and oxygen atoms in total. The molecule has 7 heteroatoms. The standard InChI is InChI=1S/C13H10Cl2N4O/c14-11-6-10(7-12(15)18-11)17-13(20)19-16-8-9-4-2-1-3-5-9/h1-8H,(H2,17,18,19,20)/b16-8-. The summed E-state index contributed by atoms with van der Waals surface area (Å²) in [4.78, 5) is 15.4. The van der Waals surface area contributed by atoms with E-state index < -0.39 is 6.03 Å². The van der Waals surface area contributed by atoms with Gasteiger partial charge >= 0.3 is 6.03 Å². The molecular formula is C13H10Cl2N4O. The Hall–Kier alpha value is -2.11. The minimum absolute atomic E-state index is 0.195. The van der Waals surface area contributed by atoms with Crippen LogP contribution in [0.5, 0.6) is 0 Å². The number of benzene rings is 1. The maximum atomic E-state index is 11.6. The Morgan fingerprint density at radius 1 is 1.15 bits per heavy atom. The van der Waals surface area contributed by atoms with Crippen LogP contribution in [-0.4, -0.2) is 17.2 Å². The summed E-state index contributed by atoms with van der Waals surface area (Å²) in [5.74, 6) is 0. The molecule has 0 unspecified atom stereocenters. The van der Waals surface area contributed by atoms with Gasteiger partial charge in [-0.2, -0.15) is 5.10 Å². The molecule has 0 fully saturated rings. The summed E-state index contributed by atoms with van der Waals surface area (Å²) < 4.78 is 0. The third-order valence-corrected chi connectivity index (χ3v) is 2.59. The number of hydrogen-bond donors (Lipinski definition) is 2. The van der Waals surface area contributed by atoms with Crippen molar-refractivity contribution in [3.8, 4) is 0 Å². The molecular weight excluding hydrogens is 299 g/mol. The Kier molecular flexibility index (Phi) is 4.92. The molecule has 0 aliphatic rings. The second kappa shape index (κ2) is 6.88. The van der Waals surface area contributed by atoms with Crippen molar-refractivity contribution in [1.29, 1.82) is 0 Å². The normalized spacial score (nSPS) is 10.5. The molecule has 0 radical (unpaired) electrons. The molecule has 20 heavy (non-hydrogen) atoms. The largest absolute Gasteiger partial charge is 0.339 e. The van der Waals surface area contributed by atoms with Gasteiger partial charge in [-0.3, -0.25) is 0 Å². The van der Waals surface area contributed by atoms with Crippen molar-refractivity contribution >= 4 is 41.1 Å². The number of amides is 2. The third-order valence-electron chi connectivity index (χ3n) is 2.20. The van der Waals surface area contributed by atoms with Crippen molar-refractivity contribution in [1.82, 2.24) is 10.4 Å². The Morgan fingerprint density at radius 2 is 1.80 bits per heavy atom. The van der Waals surface area contributed by atoms with Crippen molar-refractivity contribution < 1.29 is 4.79 Å². The van der Waals surface area contributed by atoms with Gasteiger partial charge < -0.3 is 5.32 Å². The van der Waals surface area contributed by atoms with Crippen LogP contribution in [0.2, 0.25) is 10.3 Å². The number of nitrogens with zero attached hydrogens (tertiary/aromatic N) is 2. The number of pyridine rings is 1. The van der Waals surface area contributed by atoms with Crippen molar-refractivity contribution in [3.63, 3.8) is 0 Å². The molecule has 1 heterocycles. The predicted molar refractivity (Wildman–Crippen MR) is 80.4 cm³/mol. The first-order chi connectivity index (χ1) is 9.63. The van der Waals surface area contributed by atoms with Crippen LogP contribution in [0, 0.1) is 0 Å². The van der Waals surface area contributed by atoms with Crippen LogP contribution in [0.15, 0.2) is 47.6 Å². The van der Waals surface area contributed by atoms with E-state index in [0.29, 0.717) is 5.69 Å². The van der Waals surface area contributed by atoms with E-state index >= 15 is 0 Å². The summed E-state index contributed by atoms with van der Waals surface area (Å²) in [6.07, 6.45) is 1.53. The number of nitrogens with one attached hydrogen (secondary N) is 2. The van der Waals surface area contributed by atoms with Gasteiger partial charge in [-0.15, -0.1) is 0 Å². The Morgan fingerprint density at radius 3 is 2.45 bits per heavy atom. The van der Waals surface area contributed by atoms with Gasteiger partial charge in [0.15, 0.2) is 0 Å². The monoisotopic (exact) mass is 308 g/mol. The topological polar surface area (TPSA) is 66.4 Å². The lowest BCUT2D eigenvalue weighted by atomic mass is 10.2. The van der Waals surface area contributed by atoms with Crippen molar-refractivity contribution in [3.05, 3.63) is 58.3 Å². The predicted octanol–water partition coefficient (Wildman–Crippen LogP) is 3.54. The Labute approximate surface area is 125 Å². The van der Waals surface area contributed by atoms with Crippen LogP contribution in [0.25, 0.3) is 0 Å². The summed E-state index contributed by atoms with van der Waals surface area (Å²) in [5.41, 5.74) is 3.64. The summed E-state index contributed by atoms with van der Waals surface area (Å²) in [5, 5.41) is 6.74. The van der Waals surface area contributed by atoms with Gasteiger partial charge in [-0.25, -0.2) is 15.2 Å². The number of rotatable bonds is 3. The fraction of sp³-hybridized carbons (Fsp3) is 0. The first-order valence-corrected chi connectivity index (χ1v) is 6.37. The number of hydrazone groups is 1. The zero-order valence-electron chi connectivity index (χ0n) is 10.2. The number of hydrogen-bond acceptors (Lipinski definition) is 3. The zero-order chi connectivity index (χ0) is 14.4. The minimum Gasteiger partial charge on any atom is -0.306 e. The molecule has 0 saturated heterocycles. The van der Waals surface area contributed by atoms with Gasteiger partial charge in [-0.1, -0.05) is 53.5 Å². The van der Waals surface area contributed by atoms with Gasteiger partial charge in [0.05, 0.1) is 6.21 Å². The Bertz CT molecular complexity index is 611. The summed E-state index contributed by atoms with van der Waals surface area (Å²) in [6.45, 7) is 0. The summed E-state index contributed by atoms with van der Waals surface area (Å²) in [6, 6.07) is 11.8. The molecule has 1 aromatic heterocycles. The molecule has 0 spiro atoms. The van der Waals surface area contributed by atoms with Crippen molar-refractivity contribution in [2.75, 3.05) is 5.32 Å². The zero-order valence-corrected chi connectivity index (χ0v) is 11.7. The second-order valence-corrected chi connectivity index (χ2v) is 4.51. The van der Waals surface area contributed by atoms with Crippen molar-refractivity contribution in [2.45, 2.75) is 0 Å². The molecule has 0 saturated carbocycles. The van der Waals surface area contributed by atoms with E-state index in [2.05, 4.69) is 20.8 Å². The van der Waals surface area contributed by atoms with Gasteiger partial charge in [-0.05, 0) is 17.7 Å². The van der Waals surface area contributed by atoms with Gasteiger partial charge in [0, 0.05) is 5.69 Å². The average molecular weight is 309 g/mol. The van der Waals surface area contributed by atoms with Crippen LogP contribution in [0.4, 0.5) is 10.5 Å². The number of carbonyl (C=O) groups is 1. The lowest BCUT2D eigenvalue weighted by Crippen LogP contribution is -2.24. The lowest BCUT2D eigenvalue weighted by molar-refractivity contribution is 0.252. The highest BCUT2D eigenvalue weighted by Gasteiger charge is 2.03. The fourth-order valence-electron chi connectivity index (χ4n) is 1.40. The van der Waals surface area contributed by atoms with E-state index in [-0.39, 0.29) is 10.3 Å². The number of aromatic nitrogens is 1. The Balaban J connectivity index is 1.91. The quantitative estimate of drug-likeness (QED) is 0.517. The van der Waals surface area contributed by atoms with E-state index in [9.17, 15) is 4.79 Å². The molecule has 0 aliphatic heterocycles. The molecule has 2 aromatic rings. The molecule has 2 amide bonds. The highest BCUT2D eigenvalue weighted by molar-refractivity contribution is 6.32. The highest BCUT2D eigenvalue weighted by atomic mass is 35.5. The van der Waals surface area contributed by atoms with E-state index in [1.54, 1.807) is 0 Å². The number of anilines is 1. The third kappa shape index (κ3) is 4.53.